The Labute approximate surface area is 108 Å². The van der Waals surface area contributed by atoms with Crippen LogP contribution in [-0.2, 0) is 4.79 Å². The summed E-state index contributed by atoms with van der Waals surface area (Å²) >= 11 is 0. The van der Waals surface area contributed by atoms with Gasteiger partial charge in [-0.2, -0.15) is 0 Å². The van der Waals surface area contributed by atoms with Crippen LogP contribution in [0.15, 0.2) is 0 Å². The van der Waals surface area contributed by atoms with Crippen LogP contribution >= 0.6 is 0 Å². The summed E-state index contributed by atoms with van der Waals surface area (Å²) < 4.78 is 0. The molecule has 2 N–H and O–H groups in total. The standard InChI is InChI=1S/C12H23N3O3/c1-9(14(2)3)7-13-12(18)15-6-4-5-10(8-15)11(16)17/h9-10H,4-8H2,1-3H3,(H,13,18)(H,16,17)/t9?,10-/m0/s1. The summed E-state index contributed by atoms with van der Waals surface area (Å²) in [7, 11) is 3.91. The summed E-state index contributed by atoms with van der Waals surface area (Å²) in [5, 5.41) is 11.8. The van der Waals surface area contributed by atoms with Crippen molar-refractivity contribution in [3.8, 4) is 0 Å². The number of carboxylic acids is 1. The number of carbonyl (C=O) groups is 2. The van der Waals surface area contributed by atoms with E-state index in [9.17, 15) is 9.59 Å². The summed E-state index contributed by atoms with van der Waals surface area (Å²) in [4.78, 5) is 26.4. The Morgan fingerprint density at radius 3 is 2.72 bits per heavy atom. The third-order valence-corrected chi connectivity index (χ3v) is 3.49. The van der Waals surface area contributed by atoms with Gasteiger partial charge >= 0.3 is 12.0 Å². The summed E-state index contributed by atoms with van der Waals surface area (Å²) in [6, 6.07) is 0.101. The van der Waals surface area contributed by atoms with E-state index in [1.807, 2.05) is 25.9 Å². The Balaban J connectivity index is 2.39. The van der Waals surface area contributed by atoms with E-state index in [1.165, 1.54) is 0 Å². The summed E-state index contributed by atoms with van der Waals surface area (Å²) in [5.74, 6) is -1.23. The third-order valence-electron chi connectivity index (χ3n) is 3.49. The lowest BCUT2D eigenvalue weighted by Crippen LogP contribution is -2.49. The third kappa shape index (κ3) is 4.18. The quantitative estimate of drug-likeness (QED) is 0.766. The number of hydrogen-bond acceptors (Lipinski definition) is 3. The van der Waals surface area contributed by atoms with Crippen molar-refractivity contribution in [2.45, 2.75) is 25.8 Å². The maximum absolute atomic E-state index is 11.9. The molecule has 2 amide bonds. The molecule has 0 bridgehead atoms. The largest absolute Gasteiger partial charge is 0.481 e. The number of nitrogens with one attached hydrogen (secondary N) is 1. The number of urea groups is 1. The topological polar surface area (TPSA) is 72.9 Å². The minimum Gasteiger partial charge on any atom is -0.481 e. The van der Waals surface area contributed by atoms with E-state index >= 15 is 0 Å². The molecule has 1 rings (SSSR count). The van der Waals surface area contributed by atoms with Crippen molar-refractivity contribution in [2.24, 2.45) is 5.92 Å². The first-order chi connectivity index (χ1) is 8.41. The van der Waals surface area contributed by atoms with Gasteiger partial charge in [0, 0.05) is 25.7 Å². The Morgan fingerprint density at radius 2 is 2.17 bits per heavy atom. The van der Waals surface area contributed by atoms with Gasteiger partial charge in [0.15, 0.2) is 0 Å². The van der Waals surface area contributed by atoms with Crippen molar-refractivity contribution < 1.29 is 14.7 Å². The zero-order chi connectivity index (χ0) is 13.7. The monoisotopic (exact) mass is 257 g/mol. The van der Waals surface area contributed by atoms with Crippen molar-refractivity contribution >= 4 is 12.0 Å². The zero-order valence-corrected chi connectivity index (χ0v) is 11.3. The lowest BCUT2D eigenvalue weighted by Gasteiger charge is -2.31. The molecule has 6 nitrogen and oxygen atoms in total. The molecule has 6 heteroatoms. The molecule has 1 aliphatic rings. The number of amides is 2. The van der Waals surface area contributed by atoms with E-state index in [-0.39, 0.29) is 12.1 Å². The molecule has 0 aliphatic carbocycles. The van der Waals surface area contributed by atoms with Crippen LogP contribution in [0.5, 0.6) is 0 Å². The fourth-order valence-corrected chi connectivity index (χ4v) is 1.89. The van der Waals surface area contributed by atoms with Gasteiger partial charge in [-0.3, -0.25) is 4.79 Å². The van der Waals surface area contributed by atoms with E-state index in [1.54, 1.807) is 4.90 Å². The van der Waals surface area contributed by atoms with Gasteiger partial charge in [-0.25, -0.2) is 4.79 Å². The molecule has 1 saturated heterocycles. The van der Waals surface area contributed by atoms with Crippen LogP contribution in [0.4, 0.5) is 4.79 Å². The Hall–Kier alpha value is -1.30. The van der Waals surface area contributed by atoms with Crippen molar-refractivity contribution in [1.29, 1.82) is 0 Å². The van der Waals surface area contributed by atoms with Gasteiger partial charge < -0.3 is 20.2 Å². The Kier molecular flexibility index (Phi) is 5.40. The number of aliphatic carboxylic acids is 1. The average molecular weight is 257 g/mol. The van der Waals surface area contributed by atoms with Crippen molar-refractivity contribution in [2.75, 3.05) is 33.7 Å². The maximum Gasteiger partial charge on any atom is 0.317 e. The van der Waals surface area contributed by atoms with Crippen molar-refractivity contribution in [1.82, 2.24) is 15.1 Å². The van der Waals surface area contributed by atoms with E-state index in [2.05, 4.69) is 5.32 Å². The average Bonchev–Trinajstić information content (AvgIpc) is 2.35. The molecule has 0 saturated carbocycles. The Morgan fingerprint density at radius 1 is 1.50 bits per heavy atom. The summed E-state index contributed by atoms with van der Waals surface area (Å²) in [6.45, 7) is 3.56. The zero-order valence-electron chi connectivity index (χ0n) is 11.3. The second-order valence-corrected chi connectivity index (χ2v) is 5.12. The molecule has 1 unspecified atom stereocenters. The molecule has 1 fully saturated rings. The van der Waals surface area contributed by atoms with E-state index in [0.717, 1.165) is 6.42 Å². The van der Waals surface area contributed by atoms with Crippen LogP contribution in [0.2, 0.25) is 0 Å². The number of nitrogens with zero attached hydrogens (tertiary/aromatic N) is 2. The fourth-order valence-electron chi connectivity index (χ4n) is 1.89. The number of hydrogen-bond donors (Lipinski definition) is 2. The van der Waals surface area contributed by atoms with E-state index < -0.39 is 11.9 Å². The molecule has 1 heterocycles. The van der Waals surface area contributed by atoms with Gasteiger partial charge in [0.2, 0.25) is 0 Å². The first-order valence-electron chi connectivity index (χ1n) is 6.33. The van der Waals surface area contributed by atoms with Crippen LogP contribution in [0.3, 0.4) is 0 Å². The first kappa shape index (κ1) is 14.8. The van der Waals surface area contributed by atoms with E-state index in [4.69, 9.17) is 5.11 Å². The molecular weight excluding hydrogens is 234 g/mol. The molecular formula is C12H23N3O3. The molecule has 1 aliphatic heterocycles. The lowest BCUT2D eigenvalue weighted by atomic mass is 9.99. The predicted molar refractivity (Wildman–Crippen MR) is 68.5 cm³/mol. The molecule has 0 spiro atoms. The van der Waals surface area contributed by atoms with Gasteiger partial charge in [0.1, 0.15) is 0 Å². The predicted octanol–water partition coefficient (Wildman–Crippen LogP) is 0.443. The molecule has 0 radical (unpaired) electrons. The van der Waals surface area contributed by atoms with Gasteiger partial charge in [0.25, 0.3) is 0 Å². The van der Waals surface area contributed by atoms with Gasteiger partial charge in [-0.1, -0.05) is 0 Å². The maximum atomic E-state index is 11.9. The van der Waals surface area contributed by atoms with Gasteiger partial charge in [-0.15, -0.1) is 0 Å². The molecule has 104 valence electrons. The van der Waals surface area contributed by atoms with Gasteiger partial charge in [-0.05, 0) is 33.9 Å². The highest BCUT2D eigenvalue weighted by Gasteiger charge is 2.28. The Bertz CT molecular complexity index is 307. The first-order valence-corrected chi connectivity index (χ1v) is 6.33. The smallest absolute Gasteiger partial charge is 0.317 e. The van der Waals surface area contributed by atoms with Crippen LogP contribution in [0, 0.1) is 5.92 Å². The number of rotatable bonds is 4. The van der Waals surface area contributed by atoms with E-state index in [0.29, 0.717) is 26.1 Å². The number of likely N-dealkylation sites (tertiary alicyclic amines) is 1. The lowest BCUT2D eigenvalue weighted by molar-refractivity contribution is -0.143. The second kappa shape index (κ2) is 6.58. The SMILES string of the molecule is CC(CNC(=O)N1CCC[C@H](C(=O)O)C1)N(C)C. The van der Waals surface area contributed by atoms with Crippen LogP contribution in [0.25, 0.3) is 0 Å². The number of carboxylic acid groups (broad SMARTS) is 1. The highest BCUT2D eigenvalue weighted by Crippen LogP contribution is 2.16. The number of piperidine rings is 1. The molecule has 18 heavy (non-hydrogen) atoms. The normalized spacial score (nSPS) is 21.8. The molecule has 2 atom stereocenters. The number of carbonyl (C=O) groups excluding carboxylic acids is 1. The van der Waals surface area contributed by atoms with Gasteiger partial charge in [0.05, 0.1) is 5.92 Å². The molecule has 0 aromatic carbocycles. The number of likely N-dealkylation sites (N-methyl/N-ethyl adjacent to an activating group) is 1. The highest BCUT2D eigenvalue weighted by molar-refractivity contribution is 5.76. The minimum absolute atomic E-state index is 0.158. The van der Waals surface area contributed by atoms with Crippen LogP contribution in [-0.4, -0.2) is 66.7 Å². The van der Waals surface area contributed by atoms with Crippen molar-refractivity contribution in [3.05, 3.63) is 0 Å². The molecule has 0 aromatic rings. The fraction of sp³-hybridized carbons (Fsp3) is 0.833. The van der Waals surface area contributed by atoms with Crippen molar-refractivity contribution in [3.63, 3.8) is 0 Å². The second-order valence-electron chi connectivity index (χ2n) is 5.12. The molecule has 0 aromatic heterocycles. The van der Waals surface area contributed by atoms with Crippen LogP contribution in [0.1, 0.15) is 19.8 Å². The summed E-state index contributed by atoms with van der Waals surface area (Å²) in [5.41, 5.74) is 0. The van der Waals surface area contributed by atoms with Crippen LogP contribution < -0.4 is 5.32 Å². The minimum atomic E-state index is -0.811. The highest BCUT2D eigenvalue weighted by atomic mass is 16.4. The summed E-state index contributed by atoms with van der Waals surface area (Å²) in [6.07, 6.45) is 1.42.